The molecule has 3 rings (SSSR count). The molecule has 1 aliphatic carbocycles. The monoisotopic (exact) mass is 368 g/mol. The molecule has 1 heterocycles. The molecule has 0 bridgehead atoms. The van der Waals surface area contributed by atoms with Gasteiger partial charge in [-0.05, 0) is 57.2 Å². The fourth-order valence-electron chi connectivity index (χ4n) is 3.90. The molecule has 1 aliphatic heterocycles. The molecule has 0 saturated carbocycles. The van der Waals surface area contributed by atoms with E-state index < -0.39 is 22.2 Å². The Bertz CT molecular complexity index is 669. The van der Waals surface area contributed by atoms with E-state index >= 15 is 0 Å². The maximum absolute atomic E-state index is 14.4. The highest BCUT2D eigenvalue weighted by atomic mass is 32.2. The highest BCUT2D eigenvalue weighted by molar-refractivity contribution is 7.90. The summed E-state index contributed by atoms with van der Waals surface area (Å²) in [6, 6.07) is 4.82. The Morgan fingerprint density at radius 1 is 1.40 bits per heavy atom. The van der Waals surface area contributed by atoms with E-state index in [-0.39, 0.29) is 17.3 Å². The van der Waals surface area contributed by atoms with Crippen molar-refractivity contribution in [3.8, 4) is 0 Å². The summed E-state index contributed by atoms with van der Waals surface area (Å²) in [4.78, 5) is 12.6. The second-order valence-corrected chi connectivity index (χ2v) is 10.0. The van der Waals surface area contributed by atoms with Crippen LogP contribution in [0.3, 0.4) is 0 Å². The SMILES string of the molecule is CC(C)(C)[S@@+]([O-])N[C@@H]1c2cccc(F)c2CC12CCN(C(=O)O)CC2. The number of nitrogens with zero attached hydrogens (tertiary/aromatic N) is 1. The average Bonchev–Trinajstić information content (AvgIpc) is 2.82. The van der Waals surface area contributed by atoms with Gasteiger partial charge >= 0.3 is 6.09 Å². The number of benzene rings is 1. The van der Waals surface area contributed by atoms with Crippen molar-refractivity contribution >= 4 is 17.5 Å². The Kier molecular flexibility index (Phi) is 4.77. The molecule has 0 unspecified atom stereocenters. The summed E-state index contributed by atoms with van der Waals surface area (Å²) in [6.07, 6.45) is 0.902. The highest BCUT2D eigenvalue weighted by Crippen LogP contribution is 2.53. The fourth-order valence-corrected chi connectivity index (χ4v) is 4.84. The molecule has 1 amide bonds. The summed E-state index contributed by atoms with van der Waals surface area (Å²) in [6.45, 7) is 6.54. The lowest BCUT2D eigenvalue weighted by atomic mass is 9.73. The number of carbonyl (C=O) groups is 1. The minimum Gasteiger partial charge on any atom is -0.598 e. The molecule has 1 aromatic carbocycles. The molecule has 25 heavy (non-hydrogen) atoms. The van der Waals surface area contributed by atoms with Crippen molar-refractivity contribution in [2.24, 2.45) is 5.41 Å². The van der Waals surface area contributed by atoms with Crippen LogP contribution in [0.15, 0.2) is 18.2 Å². The van der Waals surface area contributed by atoms with E-state index in [1.54, 1.807) is 6.07 Å². The molecule has 0 aromatic heterocycles. The van der Waals surface area contributed by atoms with E-state index in [9.17, 15) is 18.8 Å². The van der Waals surface area contributed by atoms with Gasteiger partial charge in [-0.15, -0.1) is 4.72 Å². The van der Waals surface area contributed by atoms with E-state index in [1.165, 1.54) is 11.0 Å². The van der Waals surface area contributed by atoms with E-state index in [0.717, 1.165) is 5.56 Å². The van der Waals surface area contributed by atoms with E-state index in [0.29, 0.717) is 37.9 Å². The van der Waals surface area contributed by atoms with Gasteiger partial charge in [0.15, 0.2) is 0 Å². The van der Waals surface area contributed by atoms with Gasteiger partial charge in [-0.25, -0.2) is 9.18 Å². The summed E-state index contributed by atoms with van der Waals surface area (Å²) >= 11 is -1.29. The molecule has 2 N–H and O–H groups in total. The van der Waals surface area contributed by atoms with Crippen LogP contribution in [0.5, 0.6) is 0 Å². The number of halogens is 1. The van der Waals surface area contributed by atoms with Crippen LogP contribution < -0.4 is 4.72 Å². The maximum atomic E-state index is 14.4. The van der Waals surface area contributed by atoms with Gasteiger partial charge in [0.1, 0.15) is 10.6 Å². The number of rotatable bonds is 2. The quantitative estimate of drug-likeness (QED) is 0.786. The first-order valence-corrected chi connectivity index (χ1v) is 9.72. The molecule has 138 valence electrons. The molecule has 0 radical (unpaired) electrons. The second-order valence-electron chi connectivity index (χ2n) is 8.05. The molecule has 7 heteroatoms. The van der Waals surface area contributed by atoms with Crippen LogP contribution in [0.25, 0.3) is 0 Å². The third-order valence-electron chi connectivity index (χ3n) is 5.42. The summed E-state index contributed by atoms with van der Waals surface area (Å²) in [5, 5.41) is 9.21. The van der Waals surface area contributed by atoms with Gasteiger partial charge in [0.2, 0.25) is 0 Å². The minimum absolute atomic E-state index is 0.228. The number of hydrogen-bond acceptors (Lipinski definition) is 3. The van der Waals surface area contributed by atoms with Gasteiger partial charge in [0, 0.05) is 29.9 Å². The lowest BCUT2D eigenvalue weighted by Gasteiger charge is -2.43. The number of carboxylic acid groups (broad SMARTS) is 1. The Labute approximate surface area is 150 Å². The summed E-state index contributed by atoms with van der Waals surface area (Å²) in [5.41, 5.74) is 1.24. The Hall–Kier alpha value is -1.31. The van der Waals surface area contributed by atoms with Crippen molar-refractivity contribution in [1.82, 2.24) is 9.62 Å². The summed E-state index contributed by atoms with van der Waals surface area (Å²) in [5.74, 6) is -0.233. The average molecular weight is 368 g/mol. The topological polar surface area (TPSA) is 75.6 Å². The number of fused-ring (bicyclic) bond motifs is 1. The van der Waals surface area contributed by atoms with E-state index in [1.807, 2.05) is 26.8 Å². The number of hydrogen-bond donors (Lipinski definition) is 2. The predicted octanol–water partition coefficient (Wildman–Crippen LogP) is 3.23. The smallest absolute Gasteiger partial charge is 0.407 e. The largest absolute Gasteiger partial charge is 0.598 e. The predicted molar refractivity (Wildman–Crippen MR) is 95.1 cm³/mol. The molecule has 1 fully saturated rings. The van der Waals surface area contributed by atoms with Crippen molar-refractivity contribution in [2.75, 3.05) is 13.1 Å². The lowest BCUT2D eigenvalue weighted by molar-refractivity contribution is 0.0762. The number of amides is 1. The van der Waals surface area contributed by atoms with Gasteiger partial charge < -0.3 is 14.6 Å². The molecule has 1 spiro atoms. The first-order chi connectivity index (χ1) is 11.6. The number of nitrogens with one attached hydrogen (secondary N) is 1. The summed E-state index contributed by atoms with van der Waals surface area (Å²) < 4.78 is 29.9. The van der Waals surface area contributed by atoms with Crippen molar-refractivity contribution < 1.29 is 18.8 Å². The molecule has 2 aliphatic rings. The van der Waals surface area contributed by atoms with Gasteiger partial charge in [0.05, 0.1) is 6.04 Å². The third kappa shape index (κ3) is 3.37. The third-order valence-corrected chi connectivity index (χ3v) is 6.98. The van der Waals surface area contributed by atoms with Gasteiger partial charge in [-0.1, -0.05) is 12.1 Å². The van der Waals surface area contributed by atoms with Crippen LogP contribution in [0.4, 0.5) is 9.18 Å². The Morgan fingerprint density at radius 2 is 2.04 bits per heavy atom. The van der Waals surface area contributed by atoms with Gasteiger partial charge in [-0.3, -0.25) is 0 Å². The fraction of sp³-hybridized carbons (Fsp3) is 0.611. The van der Waals surface area contributed by atoms with Crippen LogP contribution in [-0.2, 0) is 17.8 Å². The summed E-state index contributed by atoms with van der Waals surface area (Å²) in [7, 11) is 0. The molecule has 2 atom stereocenters. The van der Waals surface area contributed by atoms with Gasteiger partial charge in [-0.2, -0.15) is 0 Å². The van der Waals surface area contributed by atoms with Crippen LogP contribution >= 0.6 is 0 Å². The van der Waals surface area contributed by atoms with Crippen molar-refractivity contribution in [3.05, 3.63) is 35.1 Å². The number of likely N-dealkylation sites (tertiary alicyclic amines) is 1. The highest BCUT2D eigenvalue weighted by Gasteiger charge is 2.51. The van der Waals surface area contributed by atoms with Crippen LogP contribution in [-0.4, -0.2) is 38.5 Å². The first kappa shape index (κ1) is 18.5. The van der Waals surface area contributed by atoms with Crippen molar-refractivity contribution in [3.63, 3.8) is 0 Å². The zero-order chi connectivity index (χ0) is 18.4. The minimum atomic E-state index is -1.29. The normalized spacial score (nSPS) is 23.6. The van der Waals surface area contributed by atoms with Crippen LogP contribution in [0.2, 0.25) is 0 Å². The van der Waals surface area contributed by atoms with Crippen LogP contribution in [0, 0.1) is 11.2 Å². The van der Waals surface area contributed by atoms with Gasteiger partial charge in [0.25, 0.3) is 0 Å². The Balaban J connectivity index is 1.92. The standard InChI is InChI=1S/C18H25FN2O3S/c1-17(2,3)25(24)20-15-12-5-4-6-14(19)13(12)11-18(15)7-9-21(10-8-18)16(22)23/h4-6,15,20H,7-11H2,1-3H3,(H,22,23)/t15-,25-/m1/s1. The second kappa shape index (κ2) is 6.45. The molecular weight excluding hydrogens is 343 g/mol. The first-order valence-electron chi connectivity index (χ1n) is 8.57. The van der Waals surface area contributed by atoms with E-state index in [2.05, 4.69) is 4.72 Å². The molecular formula is C18H25FN2O3S. The zero-order valence-electron chi connectivity index (χ0n) is 14.8. The molecule has 1 aromatic rings. The van der Waals surface area contributed by atoms with Crippen LogP contribution in [0.1, 0.15) is 50.8 Å². The molecule has 5 nitrogen and oxygen atoms in total. The zero-order valence-corrected chi connectivity index (χ0v) is 15.7. The van der Waals surface area contributed by atoms with E-state index in [4.69, 9.17) is 0 Å². The van der Waals surface area contributed by atoms with Crippen molar-refractivity contribution in [2.45, 2.75) is 50.8 Å². The maximum Gasteiger partial charge on any atom is 0.407 e. The van der Waals surface area contributed by atoms with Crippen molar-refractivity contribution in [1.29, 1.82) is 0 Å². The lowest BCUT2D eigenvalue weighted by Crippen LogP contribution is -2.50. The molecule has 1 saturated heterocycles. The number of piperidine rings is 1. The Morgan fingerprint density at radius 3 is 2.60 bits per heavy atom.